The summed E-state index contributed by atoms with van der Waals surface area (Å²) in [5.74, 6) is -1.32. The third kappa shape index (κ3) is 5.44. The van der Waals surface area contributed by atoms with E-state index in [4.69, 9.17) is 9.84 Å². The molecule has 7 nitrogen and oxygen atoms in total. The quantitative estimate of drug-likeness (QED) is 0.586. The number of carbonyl (C=O) groups excluding carboxylic acids is 1. The third-order valence-electron chi connectivity index (χ3n) is 2.84. The zero-order chi connectivity index (χ0) is 14.6. The van der Waals surface area contributed by atoms with Crippen molar-refractivity contribution in [3.63, 3.8) is 0 Å². The Bertz CT molecular complexity index is 340. The fraction of sp³-hybridized carbons (Fsp3) is 0.833. The SMILES string of the molecule is CC(C)(C)OC(=O)N[C@@H](C[C@@H]1CCNC1O)C(=O)O. The lowest BCUT2D eigenvalue weighted by Gasteiger charge is -2.23. The Morgan fingerprint density at radius 3 is 2.53 bits per heavy atom. The molecule has 0 aromatic rings. The van der Waals surface area contributed by atoms with Gasteiger partial charge in [0.25, 0.3) is 0 Å². The van der Waals surface area contributed by atoms with Gasteiger partial charge in [0.1, 0.15) is 17.9 Å². The van der Waals surface area contributed by atoms with Crippen molar-refractivity contribution in [3.8, 4) is 0 Å². The molecule has 110 valence electrons. The average molecular weight is 274 g/mol. The summed E-state index contributed by atoms with van der Waals surface area (Å²) in [4.78, 5) is 22.7. The molecule has 0 saturated carbocycles. The zero-order valence-corrected chi connectivity index (χ0v) is 11.5. The molecule has 1 rings (SSSR count). The van der Waals surface area contributed by atoms with Gasteiger partial charge in [0.05, 0.1) is 0 Å². The fourth-order valence-corrected chi connectivity index (χ4v) is 1.96. The van der Waals surface area contributed by atoms with E-state index >= 15 is 0 Å². The van der Waals surface area contributed by atoms with Gasteiger partial charge in [-0.25, -0.2) is 9.59 Å². The molecule has 7 heteroatoms. The van der Waals surface area contributed by atoms with Crippen LogP contribution in [0.15, 0.2) is 0 Å². The number of alkyl carbamates (subject to hydrolysis) is 1. The molecule has 1 unspecified atom stereocenters. The predicted molar refractivity (Wildman–Crippen MR) is 67.5 cm³/mol. The lowest BCUT2D eigenvalue weighted by molar-refractivity contribution is -0.140. The van der Waals surface area contributed by atoms with Crippen LogP contribution < -0.4 is 10.6 Å². The lowest BCUT2D eigenvalue weighted by Crippen LogP contribution is -2.45. The van der Waals surface area contributed by atoms with E-state index in [9.17, 15) is 14.7 Å². The molecule has 1 amide bonds. The van der Waals surface area contributed by atoms with E-state index in [2.05, 4.69) is 10.6 Å². The van der Waals surface area contributed by atoms with Crippen molar-refractivity contribution in [1.29, 1.82) is 0 Å². The maximum Gasteiger partial charge on any atom is 0.408 e. The van der Waals surface area contributed by atoms with Gasteiger partial charge in [0, 0.05) is 5.92 Å². The summed E-state index contributed by atoms with van der Waals surface area (Å²) in [6, 6.07) is -1.06. The number of aliphatic carboxylic acids is 1. The van der Waals surface area contributed by atoms with Gasteiger partial charge in [-0.2, -0.15) is 0 Å². The first-order valence-corrected chi connectivity index (χ1v) is 6.33. The van der Waals surface area contributed by atoms with Crippen LogP contribution >= 0.6 is 0 Å². The second-order valence-electron chi connectivity index (χ2n) is 5.72. The van der Waals surface area contributed by atoms with E-state index in [1.54, 1.807) is 20.8 Å². The van der Waals surface area contributed by atoms with Crippen LogP contribution in [0, 0.1) is 5.92 Å². The minimum atomic E-state index is -1.13. The first kappa shape index (κ1) is 15.7. The molecule has 1 heterocycles. The molecule has 1 saturated heterocycles. The number of carbonyl (C=O) groups is 2. The summed E-state index contributed by atoms with van der Waals surface area (Å²) in [6.07, 6.45) is -0.633. The van der Waals surface area contributed by atoms with Gasteiger partial charge < -0.3 is 20.3 Å². The van der Waals surface area contributed by atoms with Gasteiger partial charge in [-0.3, -0.25) is 5.32 Å². The molecule has 1 aliphatic heterocycles. The summed E-state index contributed by atoms with van der Waals surface area (Å²) in [7, 11) is 0. The average Bonchev–Trinajstić information content (AvgIpc) is 2.60. The van der Waals surface area contributed by atoms with E-state index in [-0.39, 0.29) is 12.3 Å². The minimum Gasteiger partial charge on any atom is -0.480 e. The van der Waals surface area contributed by atoms with E-state index in [1.807, 2.05) is 0 Å². The molecule has 4 N–H and O–H groups in total. The highest BCUT2D eigenvalue weighted by atomic mass is 16.6. The molecular weight excluding hydrogens is 252 g/mol. The van der Waals surface area contributed by atoms with Gasteiger partial charge in [0.2, 0.25) is 0 Å². The van der Waals surface area contributed by atoms with Crippen LogP contribution in [0.2, 0.25) is 0 Å². The molecule has 0 aromatic heterocycles. The van der Waals surface area contributed by atoms with Crippen molar-refractivity contribution in [2.24, 2.45) is 5.92 Å². The Labute approximate surface area is 112 Å². The number of amides is 1. The highest BCUT2D eigenvalue weighted by molar-refractivity contribution is 5.80. The molecule has 1 fully saturated rings. The highest BCUT2D eigenvalue weighted by Gasteiger charge is 2.32. The van der Waals surface area contributed by atoms with Crippen molar-refractivity contribution in [3.05, 3.63) is 0 Å². The number of nitrogens with one attached hydrogen (secondary N) is 2. The number of carboxylic acid groups (broad SMARTS) is 1. The van der Waals surface area contributed by atoms with Crippen LogP contribution in [-0.2, 0) is 9.53 Å². The van der Waals surface area contributed by atoms with E-state index in [1.165, 1.54) is 0 Å². The molecule has 3 atom stereocenters. The number of aliphatic hydroxyl groups excluding tert-OH is 1. The van der Waals surface area contributed by atoms with Crippen LogP contribution in [-0.4, -0.2) is 46.7 Å². The second-order valence-corrected chi connectivity index (χ2v) is 5.72. The Morgan fingerprint density at radius 1 is 1.47 bits per heavy atom. The van der Waals surface area contributed by atoms with Gasteiger partial charge in [-0.15, -0.1) is 0 Å². The van der Waals surface area contributed by atoms with Gasteiger partial charge >= 0.3 is 12.1 Å². The van der Waals surface area contributed by atoms with Crippen molar-refractivity contribution < 1.29 is 24.5 Å². The number of rotatable bonds is 4. The van der Waals surface area contributed by atoms with Crippen LogP contribution in [0.1, 0.15) is 33.6 Å². The summed E-state index contributed by atoms with van der Waals surface area (Å²) >= 11 is 0. The first-order chi connectivity index (χ1) is 8.69. The monoisotopic (exact) mass is 274 g/mol. The summed E-state index contributed by atoms with van der Waals surface area (Å²) in [5, 5.41) is 23.8. The first-order valence-electron chi connectivity index (χ1n) is 6.33. The van der Waals surface area contributed by atoms with Crippen molar-refractivity contribution >= 4 is 12.1 Å². The maximum atomic E-state index is 11.6. The van der Waals surface area contributed by atoms with E-state index < -0.39 is 29.9 Å². The Balaban J connectivity index is 2.53. The molecule has 1 aliphatic rings. The molecule has 19 heavy (non-hydrogen) atoms. The molecule has 0 radical (unpaired) electrons. The normalized spacial score (nSPS) is 24.8. The molecule has 0 bridgehead atoms. The Hall–Kier alpha value is -1.34. The zero-order valence-electron chi connectivity index (χ0n) is 11.5. The van der Waals surface area contributed by atoms with Crippen LogP contribution in [0.4, 0.5) is 4.79 Å². The minimum absolute atomic E-state index is 0.169. The smallest absolute Gasteiger partial charge is 0.408 e. The summed E-state index contributed by atoms with van der Waals surface area (Å²) in [5.41, 5.74) is -0.679. The summed E-state index contributed by atoms with van der Waals surface area (Å²) < 4.78 is 5.02. The standard InChI is InChI=1S/C12H22N2O5/c1-12(2,3)19-11(18)14-8(10(16)17)6-7-4-5-13-9(7)15/h7-9,13,15H,4-6H2,1-3H3,(H,14,18)(H,16,17)/t7-,8-,9?/m0/s1. The lowest BCUT2D eigenvalue weighted by atomic mass is 9.98. The number of hydrogen-bond acceptors (Lipinski definition) is 5. The second kappa shape index (κ2) is 6.21. The van der Waals surface area contributed by atoms with Crippen molar-refractivity contribution in [2.75, 3.05) is 6.54 Å². The van der Waals surface area contributed by atoms with Crippen LogP contribution in [0.3, 0.4) is 0 Å². The van der Waals surface area contributed by atoms with Crippen LogP contribution in [0.25, 0.3) is 0 Å². The molecular formula is C12H22N2O5. The summed E-state index contributed by atoms with van der Waals surface area (Å²) in [6.45, 7) is 5.75. The maximum absolute atomic E-state index is 11.6. The number of aliphatic hydroxyl groups is 1. The number of ether oxygens (including phenoxy) is 1. The van der Waals surface area contributed by atoms with E-state index in [0.717, 1.165) is 0 Å². The van der Waals surface area contributed by atoms with Gasteiger partial charge in [0.15, 0.2) is 0 Å². The Morgan fingerprint density at radius 2 is 2.11 bits per heavy atom. The fourth-order valence-electron chi connectivity index (χ4n) is 1.96. The number of carboxylic acids is 1. The topological polar surface area (TPSA) is 108 Å². The number of hydrogen-bond donors (Lipinski definition) is 4. The van der Waals surface area contributed by atoms with E-state index in [0.29, 0.717) is 13.0 Å². The predicted octanol–water partition coefficient (Wildman–Crippen LogP) is 0.282. The largest absolute Gasteiger partial charge is 0.480 e. The van der Waals surface area contributed by atoms with Gasteiger partial charge in [-0.1, -0.05) is 0 Å². The van der Waals surface area contributed by atoms with Crippen molar-refractivity contribution in [1.82, 2.24) is 10.6 Å². The van der Waals surface area contributed by atoms with Gasteiger partial charge in [-0.05, 0) is 40.2 Å². The molecule has 0 aromatic carbocycles. The van der Waals surface area contributed by atoms with Crippen molar-refractivity contribution in [2.45, 2.75) is 51.5 Å². The Kier molecular flexibility index (Phi) is 5.13. The van der Waals surface area contributed by atoms with Crippen LogP contribution in [0.5, 0.6) is 0 Å². The third-order valence-corrected chi connectivity index (χ3v) is 2.84. The highest BCUT2D eigenvalue weighted by Crippen LogP contribution is 2.20. The molecule has 0 aliphatic carbocycles. The molecule has 0 spiro atoms.